The molecule has 0 saturated carbocycles. The van der Waals surface area contributed by atoms with E-state index >= 15 is 0 Å². The molecular weight excluding hydrogens is 284 g/mol. The zero-order valence-electron chi connectivity index (χ0n) is 13.0. The SMILES string of the molecule is CCCCCCCCCCOc1cccc(Cl)c1C(=N)N. The molecular formula is C17H27ClN2O. The quantitative estimate of drug-likeness (QED) is 0.337. The van der Waals surface area contributed by atoms with Gasteiger partial charge in [0.1, 0.15) is 11.6 Å². The van der Waals surface area contributed by atoms with Crippen LogP contribution in [0.25, 0.3) is 0 Å². The predicted molar refractivity (Wildman–Crippen MR) is 90.6 cm³/mol. The summed E-state index contributed by atoms with van der Waals surface area (Å²) in [4.78, 5) is 0. The minimum absolute atomic E-state index is 0.0495. The van der Waals surface area contributed by atoms with Crippen LogP contribution in [-0.4, -0.2) is 12.4 Å². The first-order valence-electron chi connectivity index (χ1n) is 7.92. The van der Waals surface area contributed by atoms with Gasteiger partial charge in [0.15, 0.2) is 0 Å². The van der Waals surface area contributed by atoms with E-state index < -0.39 is 0 Å². The summed E-state index contributed by atoms with van der Waals surface area (Å²) in [6, 6.07) is 5.35. The van der Waals surface area contributed by atoms with Gasteiger partial charge in [-0.25, -0.2) is 0 Å². The van der Waals surface area contributed by atoms with Crippen molar-refractivity contribution in [2.75, 3.05) is 6.61 Å². The van der Waals surface area contributed by atoms with Crippen LogP contribution in [0.3, 0.4) is 0 Å². The van der Waals surface area contributed by atoms with Crippen LogP contribution in [-0.2, 0) is 0 Å². The number of halogens is 1. The third kappa shape index (κ3) is 6.85. The van der Waals surface area contributed by atoms with Crippen molar-refractivity contribution < 1.29 is 4.74 Å². The fraction of sp³-hybridized carbons (Fsp3) is 0.588. The van der Waals surface area contributed by atoms with Gasteiger partial charge in [-0.1, -0.05) is 69.5 Å². The topological polar surface area (TPSA) is 59.1 Å². The fourth-order valence-corrected chi connectivity index (χ4v) is 2.57. The molecule has 0 heterocycles. The van der Waals surface area contributed by atoms with Gasteiger partial charge in [-0.2, -0.15) is 0 Å². The van der Waals surface area contributed by atoms with Gasteiger partial charge in [-0.15, -0.1) is 0 Å². The van der Waals surface area contributed by atoms with Crippen molar-refractivity contribution in [3.8, 4) is 5.75 Å². The number of nitrogens with two attached hydrogens (primary N) is 1. The Kier molecular flexibility index (Phi) is 8.91. The van der Waals surface area contributed by atoms with Crippen molar-refractivity contribution in [2.24, 2.45) is 5.73 Å². The molecule has 0 aliphatic heterocycles. The zero-order chi connectivity index (χ0) is 15.5. The maximum atomic E-state index is 7.56. The molecule has 0 fully saturated rings. The van der Waals surface area contributed by atoms with Gasteiger partial charge >= 0.3 is 0 Å². The number of hydrogen-bond donors (Lipinski definition) is 2. The van der Waals surface area contributed by atoms with Crippen molar-refractivity contribution in [1.29, 1.82) is 5.41 Å². The van der Waals surface area contributed by atoms with E-state index in [2.05, 4.69) is 6.92 Å². The smallest absolute Gasteiger partial charge is 0.131 e. The van der Waals surface area contributed by atoms with Crippen LogP contribution in [0, 0.1) is 5.41 Å². The fourth-order valence-electron chi connectivity index (χ4n) is 2.30. The molecule has 0 radical (unpaired) electrons. The van der Waals surface area contributed by atoms with E-state index in [1.54, 1.807) is 6.07 Å². The summed E-state index contributed by atoms with van der Waals surface area (Å²) >= 11 is 6.05. The van der Waals surface area contributed by atoms with Crippen LogP contribution in [0.5, 0.6) is 5.75 Å². The summed E-state index contributed by atoms with van der Waals surface area (Å²) in [6.45, 7) is 2.89. The standard InChI is InChI=1S/C17H27ClN2O/c1-2-3-4-5-6-7-8-9-13-21-15-12-10-11-14(18)16(15)17(19)20/h10-12H,2-9,13H2,1H3,(H3,19,20). The molecule has 0 aliphatic carbocycles. The van der Waals surface area contributed by atoms with Gasteiger partial charge in [0.05, 0.1) is 17.2 Å². The average Bonchev–Trinajstić information content (AvgIpc) is 2.45. The summed E-state index contributed by atoms with van der Waals surface area (Å²) in [7, 11) is 0. The lowest BCUT2D eigenvalue weighted by Gasteiger charge is -2.11. The monoisotopic (exact) mass is 310 g/mol. The maximum absolute atomic E-state index is 7.56. The van der Waals surface area contributed by atoms with Crippen LogP contribution in [0.1, 0.15) is 63.9 Å². The van der Waals surface area contributed by atoms with Crippen LogP contribution >= 0.6 is 11.6 Å². The van der Waals surface area contributed by atoms with Crippen LogP contribution in [0.15, 0.2) is 18.2 Å². The van der Waals surface area contributed by atoms with E-state index in [4.69, 9.17) is 27.5 Å². The zero-order valence-corrected chi connectivity index (χ0v) is 13.7. The Balaban J connectivity index is 2.21. The summed E-state index contributed by atoms with van der Waals surface area (Å²) in [6.07, 6.45) is 10.1. The highest BCUT2D eigenvalue weighted by molar-refractivity contribution is 6.34. The second kappa shape index (κ2) is 10.5. The molecule has 4 heteroatoms. The molecule has 0 aliphatic rings. The normalized spacial score (nSPS) is 10.6. The number of hydrogen-bond acceptors (Lipinski definition) is 2. The second-order valence-corrected chi connectivity index (χ2v) is 5.76. The largest absolute Gasteiger partial charge is 0.493 e. The number of ether oxygens (including phenoxy) is 1. The Bertz CT molecular complexity index is 435. The summed E-state index contributed by atoms with van der Waals surface area (Å²) in [5.41, 5.74) is 6.04. The van der Waals surface area contributed by atoms with Crippen molar-refractivity contribution >= 4 is 17.4 Å². The summed E-state index contributed by atoms with van der Waals surface area (Å²) < 4.78 is 5.72. The van der Waals surface area contributed by atoms with E-state index in [0.717, 1.165) is 6.42 Å². The van der Waals surface area contributed by atoms with Crippen molar-refractivity contribution in [3.63, 3.8) is 0 Å². The molecule has 118 valence electrons. The number of unbranched alkanes of at least 4 members (excludes halogenated alkanes) is 7. The molecule has 0 atom stereocenters. The van der Waals surface area contributed by atoms with Gasteiger partial charge in [0, 0.05) is 0 Å². The lowest BCUT2D eigenvalue weighted by atomic mass is 10.1. The van der Waals surface area contributed by atoms with E-state index in [0.29, 0.717) is 22.9 Å². The molecule has 21 heavy (non-hydrogen) atoms. The first kappa shape index (κ1) is 17.8. The highest BCUT2D eigenvalue weighted by Gasteiger charge is 2.10. The Morgan fingerprint density at radius 3 is 2.33 bits per heavy atom. The highest BCUT2D eigenvalue weighted by Crippen LogP contribution is 2.26. The van der Waals surface area contributed by atoms with Gasteiger partial charge in [-0.3, -0.25) is 5.41 Å². The molecule has 0 unspecified atom stereocenters. The van der Waals surface area contributed by atoms with Crippen LogP contribution in [0.4, 0.5) is 0 Å². The van der Waals surface area contributed by atoms with Crippen LogP contribution in [0.2, 0.25) is 5.02 Å². The molecule has 3 N–H and O–H groups in total. The Morgan fingerprint density at radius 2 is 1.71 bits per heavy atom. The Morgan fingerprint density at radius 1 is 1.10 bits per heavy atom. The van der Waals surface area contributed by atoms with Gasteiger partial charge in [0.2, 0.25) is 0 Å². The third-order valence-electron chi connectivity index (χ3n) is 3.50. The van der Waals surface area contributed by atoms with E-state index in [1.807, 2.05) is 12.1 Å². The van der Waals surface area contributed by atoms with Gasteiger partial charge in [-0.05, 0) is 18.6 Å². The number of nitrogen functional groups attached to an aromatic ring is 1. The first-order chi connectivity index (χ1) is 10.2. The molecule has 0 aromatic heterocycles. The van der Waals surface area contributed by atoms with E-state index in [-0.39, 0.29) is 5.84 Å². The maximum Gasteiger partial charge on any atom is 0.131 e. The lowest BCUT2D eigenvalue weighted by molar-refractivity contribution is 0.303. The minimum atomic E-state index is -0.0495. The van der Waals surface area contributed by atoms with Gasteiger partial charge < -0.3 is 10.5 Å². The van der Waals surface area contributed by atoms with E-state index in [1.165, 1.54) is 44.9 Å². The molecule has 1 aromatic rings. The molecule has 0 spiro atoms. The Hall–Kier alpha value is -1.22. The highest BCUT2D eigenvalue weighted by atomic mass is 35.5. The minimum Gasteiger partial charge on any atom is -0.493 e. The molecule has 0 saturated heterocycles. The van der Waals surface area contributed by atoms with Gasteiger partial charge in [0.25, 0.3) is 0 Å². The average molecular weight is 311 g/mol. The molecule has 3 nitrogen and oxygen atoms in total. The molecule has 1 rings (SSSR count). The van der Waals surface area contributed by atoms with Crippen molar-refractivity contribution in [1.82, 2.24) is 0 Å². The number of nitrogens with one attached hydrogen (secondary N) is 1. The molecule has 1 aromatic carbocycles. The molecule has 0 bridgehead atoms. The van der Waals surface area contributed by atoms with Crippen molar-refractivity contribution in [2.45, 2.75) is 58.3 Å². The number of benzene rings is 1. The summed E-state index contributed by atoms with van der Waals surface area (Å²) in [5, 5.41) is 8.03. The third-order valence-corrected chi connectivity index (χ3v) is 3.82. The van der Waals surface area contributed by atoms with Crippen molar-refractivity contribution in [3.05, 3.63) is 28.8 Å². The first-order valence-corrected chi connectivity index (χ1v) is 8.30. The summed E-state index contributed by atoms with van der Waals surface area (Å²) in [5.74, 6) is 0.560. The van der Waals surface area contributed by atoms with Crippen LogP contribution < -0.4 is 10.5 Å². The Labute approximate surface area is 133 Å². The number of amidine groups is 1. The second-order valence-electron chi connectivity index (χ2n) is 5.35. The number of rotatable bonds is 11. The molecule has 0 amide bonds. The van der Waals surface area contributed by atoms with E-state index in [9.17, 15) is 0 Å². The predicted octanol–water partition coefficient (Wildman–Crippen LogP) is 5.14. The lowest BCUT2D eigenvalue weighted by Crippen LogP contribution is -2.14.